The summed E-state index contributed by atoms with van der Waals surface area (Å²) in [6, 6.07) is 15.4. The molecule has 1 atom stereocenters. The van der Waals surface area contributed by atoms with Crippen LogP contribution in [0.15, 0.2) is 66.2 Å². The number of aliphatic hydroxyl groups excluding tert-OH is 1. The Labute approximate surface area is 204 Å². The van der Waals surface area contributed by atoms with Crippen molar-refractivity contribution >= 4 is 44.1 Å². The van der Waals surface area contributed by atoms with Crippen molar-refractivity contribution in [3.63, 3.8) is 0 Å². The summed E-state index contributed by atoms with van der Waals surface area (Å²) in [5.74, 6) is -4.10. The minimum absolute atomic E-state index is 0.0681. The number of nitrogens with zero attached hydrogens (tertiary/aromatic N) is 2. The van der Waals surface area contributed by atoms with Crippen LogP contribution in [0.4, 0.5) is 13.9 Å². The van der Waals surface area contributed by atoms with Gasteiger partial charge in [-0.2, -0.15) is 0 Å². The average molecular weight is 491 g/mol. The zero-order chi connectivity index (χ0) is 24.9. The summed E-state index contributed by atoms with van der Waals surface area (Å²) in [6.07, 6.45) is 0.813. The Morgan fingerprint density at radius 1 is 1.06 bits per heavy atom. The first-order valence-electron chi connectivity index (χ1n) is 11.0. The fourth-order valence-electron chi connectivity index (χ4n) is 4.25. The third-order valence-corrected chi connectivity index (χ3v) is 7.08. The Bertz CT molecular complexity index is 1490. The number of Topliss-reactive ketones (excluding diaryl/α,β-unsaturated/α-hetero) is 1. The lowest BCUT2D eigenvalue weighted by Crippen LogP contribution is -2.29. The van der Waals surface area contributed by atoms with Crippen molar-refractivity contribution in [1.29, 1.82) is 0 Å². The Balaban J connectivity index is 1.72. The van der Waals surface area contributed by atoms with E-state index in [0.717, 1.165) is 41.0 Å². The number of carbonyl (C=O) groups excluding carboxylic acids is 2. The summed E-state index contributed by atoms with van der Waals surface area (Å²) in [6.45, 7) is 3.89. The first-order chi connectivity index (χ1) is 16.8. The maximum absolute atomic E-state index is 13.8. The second kappa shape index (κ2) is 8.70. The number of carbonyl (C=O) groups is 2. The zero-order valence-electron chi connectivity index (χ0n) is 18.9. The fraction of sp³-hybridized carbons (Fsp3) is 0.148. The van der Waals surface area contributed by atoms with E-state index in [1.54, 1.807) is 24.3 Å². The molecule has 2 heterocycles. The van der Waals surface area contributed by atoms with E-state index in [1.165, 1.54) is 4.90 Å². The molecule has 1 saturated heterocycles. The minimum Gasteiger partial charge on any atom is -0.507 e. The van der Waals surface area contributed by atoms with Gasteiger partial charge in [0.1, 0.15) is 5.76 Å². The Morgan fingerprint density at radius 2 is 1.77 bits per heavy atom. The van der Waals surface area contributed by atoms with Gasteiger partial charge in [0.05, 0.1) is 21.8 Å². The molecular formula is C27H20F2N2O3S. The molecule has 5 rings (SSSR count). The second-order valence-electron chi connectivity index (χ2n) is 8.36. The SMILES string of the molecule is CCc1ccc(/C(O)=C2\C(=O)C(=O)N(c3nc4cc(F)c(F)cc4s3)C2c2cccc(C)c2)cc1. The molecule has 0 spiro atoms. The molecule has 1 aliphatic heterocycles. The van der Waals surface area contributed by atoms with Crippen molar-refractivity contribution in [2.24, 2.45) is 0 Å². The number of halogens is 2. The molecule has 1 unspecified atom stereocenters. The topological polar surface area (TPSA) is 70.5 Å². The molecule has 3 aromatic carbocycles. The monoisotopic (exact) mass is 490 g/mol. The maximum Gasteiger partial charge on any atom is 0.301 e. The van der Waals surface area contributed by atoms with Crippen molar-refractivity contribution in [3.8, 4) is 0 Å². The van der Waals surface area contributed by atoms with Crippen molar-refractivity contribution in [3.05, 3.63) is 100 Å². The molecule has 0 aliphatic carbocycles. The fourth-order valence-corrected chi connectivity index (χ4v) is 5.25. The van der Waals surface area contributed by atoms with Gasteiger partial charge in [-0.05, 0) is 30.5 Å². The molecule has 1 N–H and O–H groups in total. The second-order valence-corrected chi connectivity index (χ2v) is 9.37. The van der Waals surface area contributed by atoms with Crippen LogP contribution in [0.25, 0.3) is 16.0 Å². The number of benzene rings is 3. The molecule has 1 aliphatic rings. The van der Waals surface area contributed by atoms with Gasteiger partial charge in [0, 0.05) is 11.6 Å². The van der Waals surface area contributed by atoms with E-state index in [9.17, 15) is 23.5 Å². The van der Waals surface area contributed by atoms with Gasteiger partial charge in [-0.25, -0.2) is 13.8 Å². The third-order valence-electron chi connectivity index (χ3n) is 6.06. The van der Waals surface area contributed by atoms with Crippen LogP contribution in [0, 0.1) is 18.6 Å². The maximum atomic E-state index is 13.8. The smallest absolute Gasteiger partial charge is 0.301 e. The number of fused-ring (bicyclic) bond motifs is 1. The highest BCUT2D eigenvalue weighted by Gasteiger charge is 2.48. The quantitative estimate of drug-likeness (QED) is 0.214. The summed E-state index contributed by atoms with van der Waals surface area (Å²) >= 11 is 0.971. The van der Waals surface area contributed by atoms with E-state index in [1.807, 2.05) is 38.1 Å². The molecule has 1 fully saturated rings. The molecule has 5 nitrogen and oxygen atoms in total. The zero-order valence-corrected chi connectivity index (χ0v) is 19.7. The molecule has 1 aromatic heterocycles. The Morgan fingerprint density at radius 3 is 2.46 bits per heavy atom. The minimum atomic E-state index is -1.05. The van der Waals surface area contributed by atoms with Crippen LogP contribution in [-0.2, 0) is 16.0 Å². The molecule has 176 valence electrons. The highest BCUT2D eigenvalue weighted by Crippen LogP contribution is 2.44. The molecule has 8 heteroatoms. The number of amides is 1. The summed E-state index contributed by atoms with van der Waals surface area (Å²) in [7, 11) is 0. The van der Waals surface area contributed by atoms with Crippen LogP contribution >= 0.6 is 11.3 Å². The predicted molar refractivity (Wildman–Crippen MR) is 131 cm³/mol. The van der Waals surface area contributed by atoms with Crippen molar-refractivity contribution in [1.82, 2.24) is 4.98 Å². The van der Waals surface area contributed by atoms with Crippen LogP contribution in [0.1, 0.15) is 35.2 Å². The van der Waals surface area contributed by atoms with E-state index in [2.05, 4.69) is 4.98 Å². The lowest BCUT2D eigenvalue weighted by atomic mass is 9.94. The first-order valence-corrected chi connectivity index (χ1v) is 11.8. The molecule has 1 amide bonds. The normalized spacial score (nSPS) is 17.5. The third kappa shape index (κ3) is 3.89. The van der Waals surface area contributed by atoms with E-state index < -0.39 is 29.4 Å². The number of thiazole rings is 1. The molecule has 0 saturated carbocycles. The predicted octanol–water partition coefficient (Wildman–Crippen LogP) is 6.07. The van der Waals surface area contributed by atoms with Crippen molar-refractivity contribution in [2.75, 3.05) is 4.90 Å². The number of anilines is 1. The van der Waals surface area contributed by atoms with Gasteiger partial charge in [-0.3, -0.25) is 14.5 Å². The number of aryl methyl sites for hydroxylation is 2. The number of aromatic nitrogens is 1. The summed E-state index contributed by atoms with van der Waals surface area (Å²) in [5, 5.41) is 11.3. The molecular weight excluding hydrogens is 470 g/mol. The van der Waals surface area contributed by atoms with Crippen LogP contribution in [0.3, 0.4) is 0 Å². The van der Waals surface area contributed by atoms with Crippen LogP contribution in [0.5, 0.6) is 0 Å². The van der Waals surface area contributed by atoms with Gasteiger partial charge < -0.3 is 5.11 Å². The van der Waals surface area contributed by atoms with Gasteiger partial charge in [-0.1, -0.05) is 72.4 Å². The highest BCUT2D eigenvalue weighted by atomic mass is 32.1. The Hall–Kier alpha value is -3.91. The standard InChI is InChI=1S/C27H20F2N2O3S/c1-3-15-7-9-16(10-8-15)24(32)22-23(17-6-4-5-14(2)11-17)31(26(34)25(22)33)27-30-20-12-18(28)19(29)13-21(20)35-27/h4-13,23,32H,3H2,1-2H3/b24-22+. The summed E-state index contributed by atoms with van der Waals surface area (Å²) < 4.78 is 27.9. The van der Waals surface area contributed by atoms with Crippen LogP contribution in [-0.4, -0.2) is 21.8 Å². The van der Waals surface area contributed by atoms with Gasteiger partial charge in [0.25, 0.3) is 5.78 Å². The number of ketones is 1. The molecule has 0 bridgehead atoms. The van der Waals surface area contributed by atoms with E-state index in [-0.39, 0.29) is 22.0 Å². The van der Waals surface area contributed by atoms with Crippen molar-refractivity contribution < 1.29 is 23.5 Å². The van der Waals surface area contributed by atoms with E-state index in [0.29, 0.717) is 15.8 Å². The number of hydrogen-bond donors (Lipinski definition) is 1. The van der Waals surface area contributed by atoms with Crippen LogP contribution in [0.2, 0.25) is 0 Å². The highest BCUT2D eigenvalue weighted by molar-refractivity contribution is 7.22. The van der Waals surface area contributed by atoms with E-state index in [4.69, 9.17) is 0 Å². The van der Waals surface area contributed by atoms with Crippen molar-refractivity contribution in [2.45, 2.75) is 26.3 Å². The largest absolute Gasteiger partial charge is 0.507 e. The summed E-state index contributed by atoms with van der Waals surface area (Å²) in [5.41, 5.74) is 3.07. The van der Waals surface area contributed by atoms with Crippen LogP contribution < -0.4 is 4.90 Å². The van der Waals surface area contributed by atoms with Gasteiger partial charge >= 0.3 is 5.91 Å². The van der Waals surface area contributed by atoms with Gasteiger partial charge in [-0.15, -0.1) is 0 Å². The molecule has 4 aromatic rings. The van der Waals surface area contributed by atoms with Gasteiger partial charge in [0.15, 0.2) is 16.8 Å². The lowest BCUT2D eigenvalue weighted by Gasteiger charge is -2.23. The first kappa shape index (κ1) is 22.9. The molecule has 35 heavy (non-hydrogen) atoms. The van der Waals surface area contributed by atoms with Gasteiger partial charge in [0.2, 0.25) is 0 Å². The number of aliphatic hydroxyl groups is 1. The number of rotatable bonds is 4. The number of hydrogen-bond acceptors (Lipinski definition) is 5. The lowest BCUT2D eigenvalue weighted by molar-refractivity contribution is -0.132. The summed E-state index contributed by atoms with van der Waals surface area (Å²) in [4.78, 5) is 32.1. The Kier molecular flexibility index (Phi) is 5.68. The average Bonchev–Trinajstić information content (AvgIpc) is 3.36. The molecule has 0 radical (unpaired) electrons. The van der Waals surface area contributed by atoms with E-state index >= 15 is 0 Å².